The second-order valence-electron chi connectivity index (χ2n) is 8.22. The smallest absolute Gasteiger partial charge is 0.225 e. The third kappa shape index (κ3) is 5.82. The zero-order valence-corrected chi connectivity index (χ0v) is 18.5. The van der Waals surface area contributed by atoms with Gasteiger partial charge in [0.15, 0.2) is 5.82 Å². The third-order valence-electron chi connectivity index (χ3n) is 5.88. The predicted molar refractivity (Wildman–Crippen MR) is 129 cm³/mol. The number of amides is 1. The maximum absolute atomic E-state index is 12.7. The highest BCUT2D eigenvalue weighted by Crippen LogP contribution is 2.27. The van der Waals surface area contributed by atoms with Crippen molar-refractivity contribution in [3.8, 4) is 17.0 Å². The van der Waals surface area contributed by atoms with Crippen LogP contribution in [0.2, 0.25) is 0 Å². The number of ether oxygens (including phenoxy) is 1. The summed E-state index contributed by atoms with van der Waals surface area (Å²) in [6, 6.07) is 17.7. The number of hydrogen-bond donors (Lipinski definition) is 1. The molecule has 4 rings (SSSR count). The number of rotatable bonds is 7. The van der Waals surface area contributed by atoms with Gasteiger partial charge in [-0.05, 0) is 54.7 Å². The number of hydrogen-bond acceptors (Lipinski definition) is 4. The lowest BCUT2D eigenvalue weighted by Crippen LogP contribution is -2.19. The van der Waals surface area contributed by atoms with Gasteiger partial charge in [0.05, 0.1) is 19.0 Å². The first-order chi connectivity index (χ1) is 15.7. The van der Waals surface area contributed by atoms with Crippen LogP contribution < -0.4 is 10.1 Å². The first kappa shape index (κ1) is 21.8. The first-order valence-electron chi connectivity index (χ1n) is 11.3. The molecule has 1 amide bonds. The molecule has 0 radical (unpaired) electrons. The van der Waals surface area contributed by atoms with Gasteiger partial charge < -0.3 is 10.1 Å². The SMILES string of the molecule is COc1ccc(-c2cnc(NC(=O)CC3CCCCC3)c(/C=C/c3ccccc3)n2)cc1. The minimum Gasteiger partial charge on any atom is -0.497 e. The largest absolute Gasteiger partial charge is 0.497 e. The number of carbonyl (C=O) groups excluding carboxylic acids is 1. The van der Waals surface area contributed by atoms with E-state index in [1.54, 1.807) is 13.3 Å². The van der Waals surface area contributed by atoms with E-state index in [0.29, 0.717) is 23.9 Å². The Balaban J connectivity index is 1.58. The lowest BCUT2D eigenvalue weighted by atomic mass is 9.87. The van der Waals surface area contributed by atoms with Gasteiger partial charge in [0, 0.05) is 12.0 Å². The van der Waals surface area contributed by atoms with Crippen molar-refractivity contribution in [1.29, 1.82) is 0 Å². The van der Waals surface area contributed by atoms with Crippen molar-refractivity contribution < 1.29 is 9.53 Å². The molecule has 1 fully saturated rings. The molecule has 0 unspecified atom stereocenters. The van der Waals surface area contributed by atoms with E-state index in [4.69, 9.17) is 9.72 Å². The van der Waals surface area contributed by atoms with Gasteiger partial charge in [-0.2, -0.15) is 0 Å². The molecule has 0 spiro atoms. The summed E-state index contributed by atoms with van der Waals surface area (Å²) >= 11 is 0. The average Bonchev–Trinajstić information content (AvgIpc) is 2.84. The van der Waals surface area contributed by atoms with E-state index in [0.717, 1.165) is 35.4 Å². The number of methoxy groups -OCH3 is 1. The molecule has 2 aromatic carbocycles. The molecule has 1 N–H and O–H groups in total. The highest BCUT2D eigenvalue weighted by Gasteiger charge is 2.18. The molecule has 32 heavy (non-hydrogen) atoms. The van der Waals surface area contributed by atoms with E-state index >= 15 is 0 Å². The minimum absolute atomic E-state index is 0.0118. The number of benzene rings is 2. The molecule has 1 saturated carbocycles. The van der Waals surface area contributed by atoms with E-state index in [1.165, 1.54) is 19.3 Å². The average molecular weight is 428 g/mol. The molecule has 1 aromatic heterocycles. The van der Waals surface area contributed by atoms with Gasteiger partial charge in [-0.3, -0.25) is 4.79 Å². The minimum atomic E-state index is 0.0118. The van der Waals surface area contributed by atoms with E-state index in [1.807, 2.05) is 66.7 Å². The van der Waals surface area contributed by atoms with Crippen molar-refractivity contribution in [3.63, 3.8) is 0 Å². The second-order valence-corrected chi connectivity index (χ2v) is 8.22. The maximum Gasteiger partial charge on any atom is 0.225 e. The van der Waals surface area contributed by atoms with Crippen LogP contribution in [-0.4, -0.2) is 23.0 Å². The first-order valence-corrected chi connectivity index (χ1v) is 11.3. The van der Waals surface area contributed by atoms with Crippen LogP contribution in [0.5, 0.6) is 5.75 Å². The second kappa shape index (κ2) is 10.7. The van der Waals surface area contributed by atoms with Crippen molar-refractivity contribution in [2.24, 2.45) is 5.92 Å². The van der Waals surface area contributed by atoms with Gasteiger partial charge in [0.2, 0.25) is 5.91 Å². The lowest BCUT2D eigenvalue weighted by molar-refractivity contribution is -0.117. The van der Waals surface area contributed by atoms with E-state index < -0.39 is 0 Å². The number of nitrogens with zero attached hydrogens (tertiary/aromatic N) is 2. The number of nitrogens with one attached hydrogen (secondary N) is 1. The molecule has 0 bridgehead atoms. The Hall–Kier alpha value is -3.47. The lowest BCUT2D eigenvalue weighted by Gasteiger charge is -2.20. The third-order valence-corrected chi connectivity index (χ3v) is 5.88. The van der Waals surface area contributed by atoms with Crippen molar-refractivity contribution in [3.05, 3.63) is 72.1 Å². The zero-order chi connectivity index (χ0) is 22.2. The molecule has 0 aliphatic heterocycles. The van der Waals surface area contributed by atoms with Crippen LogP contribution in [0.15, 0.2) is 60.8 Å². The standard InChI is InChI=1S/C27H29N3O2/c1-32-23-15-13-22(14-16-23)25-19-28-27(30-26(31)18-21-10-6-3-7-11-21)24(29-25)17-12-20-8-4-2-5-9-20/h2,4-5,8-9,12-17,19,21H,3,6-7,10-11,18H2,1H3,(H,28,30,31)/b17-12+. The Kier molecular flexibility index (Phi) is 7.28. The summed E-state index contributed by atoms with van der Waals surface area (Å²) in [5.74, 6) is 1.77. The highest BCUT2D eigenvalue weighted by atomic mass is 16.5. The predicted octanol–water partition coefficient (Wildman–Crippen LogP) is 6.23. The number of carbonyl (C=O) groups is 1. The molecule has 1 heterocycles. The van der Waals surface area contributed by atoms with Gasteiger partial charge in [-0.15, -0.1) is 0 Å². The van der Waals surface area contributed by atoms with Crippen LogP contribution in [0.3, 0.4) is 0 Å². The van der Waals surface area contributed by atoms with E-state index in [9.17, 15) is 4.79 Å². The summed E-state index contributed by atoms with van der Waals surface area (Å²) in [7, 11) is 1.64. The summed E-state index contributed by atoms with van der Waals surface area (Å²) < 4.78 is 5.25. The Morgan fingerprint density at radius 2 is 1.78 bits per heavy atom. The summed E-state index contributed by atoms with van der Waals surface area (Å²) in [6.07, 6.45) is 12.1. The Morgan fingerprint density at radius 3 is 2.50 bits per heavy atom. The summed E-state index contributed by atoms with van der Waals surface area (Å²) in [5.41, 5.74) is 3.38. The molecule has 0 atom stereocenters. The molecule has 0 saturated heterocycles. The van der Waals surface area contributed by atoms with Crippen LogP contribution in [-0.2, 0) is 4.79 Å². The van der Waals surface area contributed by atoms with Crippen LogP contribution in [0.1, 0.15) is 49.8 Å². The molecular weight excluding hydrogens is 398 g/mol. The van der Waals surface area contributed by atoms with Crippen molar-refractivity contribution in [2.75, 3.05) is 12.4 Å². The van der Waals surface area contributed by atoms with Gasteiger partial charge in [-0.1, -0.05) is 55.7 Å². The fourth-order valence-corrected chi connectivity index (χ4v) is 4.09. The maximum atomic E-state index is 12.7. The van der Waals surface area contributed by atoms with Crippen LogP contribution in [0.25, 0.3) is 23.4 Å². The molecule has 164 valence electrons. The molecule has 5 nitrogen and oxygen atoms in total. The summed E-state index contributed by atoms with van der Waals surface area (Å²) in [4.78, 5) is 22.1. The van der Waals surface area contributed by atoms with Crippen LogP contribution in [0.4, 0.5) is 5.82 Å². The molecular formula is C27H29N3O2. The van der Waals surface area contributed by atoms with Gasteiger partial charge >= 0.3 is 0 Å². The topological polar surface area (TPSA) is 64.1 Å². The monoisotopic (exact) mass is 427 g/mol. The number of aromatic nitrogens is 2. The highest BCUT2D eigenvalue weighted by molar-refractivity contribution is 5.92. The van der Waals surface area contributed by atoms with Crippen molar-refractivity contribution in [2.45, 2.75) is 38.5 Å². The Bertz CT molecular complexity index is 1060. The molecule has 3 aromatic rings. The van der Waals surface area contributed by atoms with E-state index in [2.05, 4.69) is 10.3 Å². The van der Waals surface area contributed by atoms with Crippen LogP contribution in [0, 0.1) is 5.92 Å². The number of anilines is 1. The van der Waals surface area contributed by atoms with Crippen molar-refractivity contribution in [1.82, 2.24) is 9.97 Å². The van der Waals surface area contributed by atoms with Crippen molar-refractivity contribution >= 4 is 23.9 Å². The van der Waals surface area contributed by atoms with Gasteiger partial charge in [0.1, 0.15) is 11.4 Å². The summed E-state index contributed by atoms with van der Waals surface area (Å²) in [6.45, 7) is 0. The normalized spacial score (nSPS) is 14.4. The quantitative estimate of drug-likeness (QED) is 0.485. The molecule has 1 aliphatic rings. The Labute approximate surface area is 189 Å². The fraction of sp³-hybridized carbons (Fsp3) is 0.296. The molecule has 5 heteroatoms. The zero-order valence-electron chi connectivity index (χ0n) is 18.5. The Morgan fingerprint density at radius 1 is 1.03 bits per heavy atom. The molecule has 1 aliphatic carbocycles. The fourth-order valence-electron chi connectivity index (χ4n) is 4.09. The van der Waals surface area contributed by atoms with E-state index in [-0.39, 0.29) is 5.91 Å². The summed E-state index contributed by atoms with van der Waals surface area (Å²) in [5, 5.41) is 3.01. The van der Waals surface area contributed by atoms with Gasteiger partial charge in [0.25, 0.3) is 0 Å². The van der Waals surface area contributed by atoms with Gasteiger partial charge in [-0.25, -0.2) is 9.97 Å². The van der Waals surface area contributed by atoms with Crippen LogP contribution >= 0.6 is 0 Å².